The number of allylic oxidation sites excluding steroid dienone is 6. The third kappa shape index (κ3) is 14.8. The molecule has 4 nitrogen and oxygen atoms in total. The molecule has 0 aromatic carbocycles. The van der Waals surface area contributed by atoms with Crippen molar-refractivity contribution in [2.24, 2.45) is 0 Å². The van der Waals surface area contributed by atoms with Gasteiger partial charge >= 0.3 is 5.97 Å². The van der Waals surface area contributed by atoms with E-state index in [1.165, 1.54) is 18.1 Å². The van der Waals surface area contributed by atoms with Crippen LogP contribution >= 0.6 is 0 Å². The van der Waals surface area contributed by atoms with Gasteiger partial charge in [0.2, 0.25) is 5.91 Å². The van der Waals surface area contributed by atoms with Crippen molar-refractivity contribution in [1.29, 1.82) is 0 Å². The Morgan fingerprint density at radius 1 is 0.767 bits per heavy atom. The maximum atomic E-state index is 12.2. The molecule has 0 fully saturated rings. The summed E-state index contributed by atoms with van der Waals surface area (Å²) in [5.74, 6) is -0.175. The lowest BCUT2D eigenvalue weighted by Gasteiger charge is -2.16. The molecule has 0 N–H and O–H groups in total. The van der Waals surface area contributed by atoms with Crippen molar-refractivity contribution in [3.63, 3.8) is 0 Å². The van der Waals surface area contributed by atoms with Crippen LogP contribution in [-0.2, 0) is 14.3 Å². The molecule has 0 rings (SSSR count). The van der Waals surface area contributed by atoms with Crippen molar-refractivity contribution in [2.45, 2.75) is 87.0 Å². The number of esters is 1. The zero-order chi connectivity index (χ0) is 22.9. The van der Waals surface area contributed by atoms with Crippen molar-refractivity contribution < 1.29 is 14.3 Å². The highest BCUT2D eigenvalue weighted by atomic mass is 16.5. The summed E-state index contributed by atoms with van der Waals surface area (Å²) in [6, 6.07) is 0. The van der Waals surface area contributed by atoms with Crippen molar-refractivity contribution in [1.82, 2.24) is 4.90 Å². The van der Waals surface area contributed by atoms with Gasteiger partial charge in [0.1, 0.15) is 6.61 Å². The number of ether oxygens (including phenoxy) is 1. The number of likely N-dealkylation sites (N-methyl/N-ethyl adjacent to an activating group) is 1. The maximum Gasteiger partial charge on any atom is 0.302 e. The Morgan fingerprint density at radius 3 is 1.90 bits per heavy atom. The van der Waals surface area contributed by atoms with E-state index >= 15 is 0 Å². The average molecular weight is 418 g/mol. The van der Waals surface area contributed by atoms with Crippen molar-refractivity contribution in [3.05, 3.63) is 46.6 Å². The molecule has 0 atom stereocenters. The molecular formula is C26H43NO3. The van der Waals surface area contributed by atoms with Crippen LogP contribution in [0.1, 0.15) is 87.0 Å². The van der Waals surface area contributed by atoms with Gasteiger partial charge in [-0.05, 0) is 85.6 Å². The molecule has 0 bridgehead atoms. The third-order valence-electron chi connectivity index (χ3n) is 4.93. The van der Waals surface area contributed by atoms with Gasteiger partial charge in [-0.25, -0.2) is 0 Å². The van der Waals surface area contributed by atoms with Gasteiger partial charge in [0.05, 0.1) is 0 Å². The predicted molar refractivity (Wildman–Crippen MR) is 127 cm³/mol. The summed E-state index contributed by atoms with van der Waals surface area (Å²) in [6.07, 6.45) is 14.1. The molecule has 0 spiro atoms. The van der Waals surface area contributed by atoms with Crippen molar-refractivity contribution in [2.75, 3.05) is 19.7 Å². The number of hydrogen-bond donors (Lipinski definition) is 0. The number of carbonyl (C=O) groups is 2. The van der Waals surface area contributed by atoms with Gasteiger partial charge in [0, 0.05) is 26.1 Å². The lowest BCUT2D eigenvalue weighted by Crippen LogP contribution is -2.28. The van der Waals surface area contributed by atoms with E-state index in [1.807, 2.05) is 25.7 Å². The van der Waals surface area contributed by atoms with E-state index in [2.05, 4.69) is 39.0 Å². The normalized spacial score (nSPS) is 12.6. The minimum atomic E-state index is -0.254. The molecule has 0 aromatic heterocycles. The molecule has 0 radical (unpaired) electrons. The second-order valence-corrected chi connectivity index (χ2v) is 8.09. The van der Waals surface area contributed by atoms with Crippen LogP contribution in [0.25, 0.3) is 0 Å². The number of nitrogens with zero attached hydrogens (tertiary/aromatic N) is 1. The summed E-state index contributed by atoms with van der Waals surface area (Å²) in [5, 5.41) is 0. The Bertz CT molecular complexity index is 645. The van der Waals surface area contributed by atoms with Crippen LogP contribution < -0.4 is 0 Å². The summed E-state index contributed by atoms with van der Waals surface area (Å²) in [5.41, 5.74) is 4.97. The smallest absolute Gasteiger partial charge is 0.302 e. The summed E-state index contributed by atoms with van der Waals surface area (Å²) in [4.78, 5) is 25.2. The first-order valence-electron chi connectivity index (χ1n) is 11.3. The Kier molecular flexibility index (Phi) is 15.5. The predicted octanol–water partition coefficient (Wildman–Crippen LogP) is 6.54. The van der Waals surface area contributed by atoms with Gasteiger partial charge < -0.3 is 9.64 Å². The van der Waals surface area contributed by atoms with E-state index in [-0.39, 0.29) is 11.9 Å². The molecule has 4 heteroatoms. The zero-order valence-corrected chi connectivity index (χ0v) is 20.3. The monoisotopic (exact) mass is 417 g/mol. The van der Waals surface area contributed by atoms with E-state index in [9.17, 15) is 9.59 Å². The maximum absolute atomic E-state index is 12.2. The minimum Gasteiger partial charge on any atom is -0.461 e. The van der Waals surface area contributed by atoms with Gasteiger partial charge in [0.15, 0.2) is 0 Å². The van der Waals surface area contributed by atoms with Gasteiger partial charge in [0.25, 0.3) is 0 Å². The summed E-state index contributed by atoms with van der Waals surface area (Å²) in [7, 11) is 0. The Labute approximate surface area is 184 Å². The van der Waals surface area contributed by atoms with Crippen LogP contribution in [0.5, 0.6) is 0 Å². The second-order valence-electron chi connectivity index (χ2n) is 8.09. The molecule has 0 aliphatic rings. The second kappa shape index (κ2) is 16.7. The Morgan fingerprint density at radius 2 is 1.33 bits per heavy atom. The third-order valence-corrected chi connectivity index (χ3v) is 4.93. The highest BCUT2D eigenvalue weighted by Gasteiger charge is 2.06. The standard InChI is InChI=1S/C26H43NO3/c1-8-27(9-2)26(29)19-23(6)16-12-18-25(20-30-24(7)28)17-11-15-22(5)14-10-13-21(3)4/h13,15,18-19H,8-12,14,16-17,20H2,1-7H3. The fourth-order valence-electron chi connectivity index (χ4n) is 3.04. The van der Waals surface area contributed by atoms with Gasteiger partial charge in [-0.3, -0.25) is 9.59 Å². The topological polar surface area (TPSA) is 46.6 Å². The quantitative estimate of drug-likeness (QED) is 0.183. The molecule has 170 valence electrons. The summed E-state index contributed by atoms with van der Waals surface area (Å²) >= 11 is 0. The highest BCUT2D eigenvalue weighted by Crippen LogP contribution is 2.15. The van der Waals surface area contributed by atoms with Crippen LogP contribution in [0.2, 0.25) is 0 Å². The van der Waals surface area contributed by atoms with Gasteiger partial charge in [-0.1, -0.05) is 34.9 Å². The van der Waals surface area contributed by atoms with Crippen LogP contribution in [0.15, 0.2) is 46.6 Å². The van der Waals surface area contributed by atoms with Gasteiger partial charge in [-0.15, -0.1) is 0 Å². The number of carbonyl (C=O) groups excluding carboxylic acids is 2. The van der Waals surface area contributed by atoms with Crippen molar-refractivity contribution >= 4 is 11.9 Å². The molecule has 0 aliphatic carbocycles. The zero-order valence-electron chi connectivity index (χ0n) is 20.3. The molecule has 0 saturated carbocycles. The van der Waals surface area contributed by atoms with Crippen molar-refractivity contribution in [3.8, 4) is 0 Å². The van der Waals surface area contributed by atoms with Crippen LogP contribution in [-0.4, -0.2) is 36.5 Å². The van der Waals surface area contributed by atoms with Crippen LogP contribution in [0.4, 0.5) is 0 Å². The average Bonchev–Trinajstić information content (AvgIpc) is 2.66. The number of amides is 1. The molecule has 0 heterocycles. The molecule has 1 amide bonds. The fraction of sp³-hybridized carbons (Fsp3) is 0.615. The largest absolute Gasteiger partial charge is 0.461 e. The van der Waals surface area contributed by atoms with E-state index in [1.54, 1.807) is 6.08 Å². The first-order valence-corrected chi connectivity index (χ1v) is 11.3. The molecule has 0 saturated heterocycles. The first kappa shape index (κ1) is 27.9. The Balaban J connectivity index is 4.76. The first-order chi connectivity index (χ1) is 14.2. The van der Waals surface area contributed by atoms with Crippen LogP contribution in [0, 0.1) is 0 Å². The molecule has 0 aromatic rings. The molecule has 0 unspecified atom stereocenters. The van der Waals surface area contributed by atoms with E-state index < -0.39 is 0 Å². The summed E-state index contributed by atoms with van der Waals surface area (Å²) < 4.78 is 5.22. The van der Waals surface area contributed by atoms with E-state index in [0.29, 0.717) is 6.61 Å². The lowest BCUT2D eigenvalue weighted by atomic mass is 10.0. The van der Waals surface area contributed by atoms with Crippen LogP contribution in [0.3, 0.4) is 0 Å². The molecular weight excluding hydrogens is 374 g/mol. The summed E-state index contributed by atoms with van der Waals surface area (Å²) in [6.45, 7) is 15.7. The molecule has 30 heavy (non-hydrogen) atoms. The number of hydrogen-bond acceptors (Lipinski definition) is 3. The van der Waals surface area contributed by atoms with Gasteiger partial charge in [-0.2, -0.15) is 0 Å². The molecule has 0 aliphatic heterocycles. The SMILES string of the molecule is CCN(CC)C(=O)C=C(C)CCC=C(CCC=C(C)CCC=C(C)C)COC(C)=O. The van der Waals surface area contributed by atoms with E-state index in [4.69, 9.17) is 4.74 Å². The highest BCUT2D eigenvalue weighted by molar-refractivity contribution is 5.88. The Hall–Kier alpha value is -2.10. The number of rotatable bonds is 14. The lowest BCUT2D eigenvalue weighted by molar-refractivity contribution is -0.140. The van der Waals surface area contributed by atoms with E-state index in [0.717, 1.165) is 62.8 Å². The fourth-order valence-corrected chi connectivity index (χ4v) is 3.04. The minimum absolute atomic E-state index is 0.0790.